The number of amides is 3. The van der Waals surface area contributed by atoms with E-state index in [-0.39, 0.29) is 26.9 Å². The van der Waals surface area contributed by atoms with Gasteiger partial charge >= 0.3 is 5.97 Å². The van der Waals surface area contributed by atoms with E-state index in [1.54, 1.807) is 22.6 Å². The Morgan fingerprint density at radius 2 is 1.68 bits per heavy atom. The van der Waals surface area contributed by atoms with Gasteiger partial charge in [-0.15, -0.1) is 0 Å². The predicted molar refractivity (Wildman–Crippen MR) is 124 cm³/mol. The molecule has 0 fully saturated rings. The number of carbonyl (C=O) groups is 4. The molecule has 0 spiro atoms. The molecule has 0 heterocycles. The summed E-state index contributed by atoms with van der Waals surface area (Å²) in [6, 6.07) is 0. The van der Waals surface area contributed by atoms with E-state index in [1.807, 2.05) is 45.2 Å². The smallest absolute Gasteiger partial charge is 0.303 e. The first kappa shape index (κ1) is 25.2. The minimum atomic E-state index is -1.15. The number of benzene rings is 1. The van der Waals surface area contributed by atoms with E-state index >= 15 is 0 Å². The Hall–Kier alpha value is -0.790. The normalized spacial score (nSPS) is 11.5. The van der Waals surface area contributed by atoms with Crippen LogP contribution in [0.5, 0.6) is 0 Å². The van der Waals surface area contributed by atoms with E-state index in [1.165, 1.54) is 0 Å². The molecule has 1 aromatic rings. The van der Waals surface area contributed by atoms with Crippen LogP contribution in [0.15, 0.2) is 0 Å². The zero-order valence-corrected chi connectivity index (χ0v) is 20.8. The van der Waals surface area contributed by atoms with Gasteiger partial charge in [0.15, 0.2) is 6.61 Å². The van der Waals surface area contributed by atoms with Crippen LogP contribution in [0.25, 0.3) is 0 Å². The molecule has 0 aromatic heterocycles. The van der Waals surface area contributed by atoms with Gasteiger partial charge in [0.25, 0.3) is 17.7 Å². The molecule has 28 heavy (non-hydrogen) atoms. The number of hydrogen-bond acceptors (Lipinski definition) is 7. The Morgan fingerprint density at radius 1 is 1.11 bits per heavy atom. The quantitative estimate of drug-likeness (QED) is 0.188. The Kier molecular flexibility index (Phi) is 10.3. The molecule has 1 rings (SSSR count). The second kappa shape index (κ2) is 11.4. The fourth-order valence-corrected chi connectivity index (χ4v) is 6.35. The van der Waals surface area contributed by atoms with Crippen molar-refractivity contribution in [3.05, 3.63) is 21.8 Å². The van der Waals surface area contributed by atoms with Gasteiger partial charge in [0.2, 0.25) is 0 Å². The summed E-state index contributed by atoms with van der Waals surface area (Å²) in [5, 5.41) is 23.2. The number of nitrogens with one attached hydrogen (secondary N) is 2. The third-order valence-corrected chi connectivity index (χ3v) is 6.41. The van der Waals surface area contributed by atoms with Crippen LogP contribution in [0.2, 0.25) is 0 Å². The predicted octanol–water partition coefficient (Wildman–Crippen LogP) is 0.184. The number of rotatable bonds is 8. The zero-order valence-electron chi connectivity index (χ0n) is 14.3. The van der Waals surface area contributed by atoms with Crippen molar-refractivity contribution in [1.29, 1.82) is 0 Å². The lowest BCUT2D eigenvalue weighted by atomic mass is 10.1. The Morgan fingerprint density at radius 3 is 2.18 bits per heavy atom. The molecule has 0 bridgehead atoms. The maximum atomic E-state index is 12.6. The number of aliphatic hydroxyl groups is 2. The van der Waals surface area contributed by atoms with Gasteiger partial charge in [0.1, 0.15) is 0 Å². The van der Waals surface area contributed by atoms with Gasteiger partial charge in [0.05, 0.1) is 36.7 Å². The van der Waals surface area contributed by atoms with E-state index in [0.29, 0.717) is 7.14 Å². The summed E-state index contributed by atoms with van der Waals surface area (Å²) in [6.07, 6.45) is -1.15. The summed E-state index contributed by atoms with van der Waals surface area (Å²) >= 11 is 5.45. The topological polar surface area (TPSA) is 168 Å². The molecule has 13 heteroatoms. The molecular formula is C15H16I3N3O7. The van der Waals surface area contributed by atoms with Gasteiger partial charge in [-0.2, -0.15) is 0 Å². The lowest BCUT2D eigenvalue weighted by molar-refractivity contribution is -0.144. The largest absolute Gasteiger partial charge is 0.456 e. The molecule has 0 saturated heterocycles. The van der Waals surface area contributed by atoms with Crippen LogP contribution in [0.4, 0.5) is 5.69 Å². The standard InChI is InChI=1S/C15H16I3N3O7/c1-5(23)28-4-7(25)21-13-11(17)8(14(19)26)10(16)9(12(13)18)15(27)20-2-6(24)3-22/h6,22,24H,2-4H2,1H3,(H2,19,26)(H,20,27)(H,21,25). The molecule has 10 nitrogen and oxygen atoms in total. The van der Waals surface area contributed by atoms with E-state index < -0.39 is 43.0 Å². The van der Waals surface area contributed by atoms with E-state index in [9.17, 15) is 24.3 Å². The lowest BCUT2D eigenvalue weighted by Crippen LogP contribution is -2.35. The monoisotopic (exact) mass is 731 g/mol. The summed E-state index contributed by atoms with van der Waals surface area (Å²) < 4.78 is 5.55. The number of anilines is 1. The summed E-state index contributed by atoms with van der Waals surface area (Å²) in [7, 11) is 0. The van der Waals surface area contributed by atoms with Crippen molar-refractivity contribution in [3.63, 3.8) is 0 Å². The lowest BCUT2D eigenvalue weighted by Gasteiger charge is -2.19. The van der Waals surface area contributed by atoms with Crippen LogP contribution >= 0.6 is 67.8 Å². The van der Waals surface area contributed by atoms with Crippen LogP contribution in [-0.2, 0) is 14.3 Å². The number of esters is 1. The number of nitrogens with two attached hydrogens (primary N) is 1. The van der Waals surface area contributed by atoms with Gasteiger partial charge in [-0.3, -0.25) is 19.2 Å². The number of primary amides is 1. The van der Waals surface area contributed by atoms with Crippen LogP contribution in [0, 0.1) is 10.7 Å². The maximum Gasteiger partial charge on any atom is 0.303 e. The van der Waals surface area contributed by atoms with Crippen LogP contribution < -0.4 is 16.4 Å². The third kappa shape index (κ3) is 6.63. The summed E-state index contributed by atoms with van der Waals surface area (Å²) in [4.78, 5) is 47.4. The molecular weight excluding hydrogens is 715 g/mol. The Balaban J connectivity index is 3.38. The van der Waals surface area contributed by atoms with Crippen molar-refractivity contribution in [2.24, 2.45) is 5.73 Å². The minimum Gasteiger partial charge on any atom is -0.456 e. The van der Waals surface area contributed by atoms with Crippen LogP contribution in [-0.4, -0.2) is 59.8 Å². The fraction of sp³-hybridized carbons (Fsp3) is 0.333. The summed E-state index contributed by atoms with van der Waals surface area (Å²) in [5.74, 6) is -2.73. The highest BCUT2D eigenvalue weighted by molar-refractivity contribution is 14.1. The van der Waals surface area contributed by atoms with Crippen molar-refractivity contribution in [2.45, 2.75) is 13.0 Å². The van der Waals surface area contributed by atoms with Gasteiger partial charge in [0, 0.05) is 17.0 Å². The Bertz CT molecular complexity index is 817. The summed E-state index contributed by atoms with van der Waals surface area (Å²) in [5.41, 5.74) is 5.72. The van der Waals surface area contributed by atoms with Crippen molar-refractivity contribution in [1.82, 2.24) is 5.32 Å². The number of ether oxygens (including phenoxy) is 1. The number of hydrogen-bond donors (Lipinski definition) is 5. The number of halogens is 3. The van der Waals surface area contributed by atoms with Gasteiger partial charge in [-0.1, -0.05) is 0 Å². The fourth-order valence-electron chi connectivity index (χ4n) is 1.90. The molecule has 0 saturated carbocycles. The van der Waals surface area contributed by atoms with Crippen molar-refractivity contribution in [2.75, 3.05) is 25.1 Å². The molecule has 0 aliphatic rings. The molecule has 154 valence electrons. The first-order valence-electron chi connectivity index (χ1n) is 7.51. The van der Waals surface area contributed by atoms with Crippen molar-refractivity contribution in [3.8, 4) is 0 Å². The van der Waals surface area contributed by atoms with E-state index in [0.717, 1.165) is 6.92 Å². The first-order chi connectivity index (χ1) is 13.0. The van der Waals surface area contributed by atoms with E-state index in [2.05, 4.69) is 15.4 Å². The molecule has 1 aromatic carbocycles. The highest BCUT2D eigenvalue weighted by Gasteiger charge is 2.28. The number of aliphatic hydroxyl groups excluding tert-OH is 2. The molecule has 0 aliphatic carbocycles. The molecule has 0 radical (unpaired) electrons. The minimum absolute atomic E-state index is 0.0391. The molecule has 3 amide bonds. The highest BCUT2D eigenvalue weighted by Crippen LogP contribution is 2.35. The zero-order chi connectivity index (χ0) is 21.6. The Labute approximate surface area is 200 Å². The van der Waals surface area contributed by atoms with Crippen molar-refractivity contribution < 1.29 is 34.1 Å². The average molecular weight is 731 g/mol. The van der Waals surface area contributed by atoms with Gasteiger partial charge in [-0.25, -0.2) is 0 Å². The van der Waals surface area contributed by atoms with Crippen molar-refractivity contribution >= 4 is 97.2 Å². The van der Waals surface area contributed by atoms with Crippen LogP contribution in [0.1, 0.15) is 27.6 Å². The molecule has 0 aliphatic heterocycles. The molecule has 1 unspecified atom stereocenters. The number of carbonyl (C=O) groups excluding carboxylic acids is 4. The average Bonchev–Trinajstić information content (AvgIpc) is 2.61. The van der Waals surface area contributed by atoms with Gasteiger partial charge in [-0.05, 0) is 67.8 Å². The van der Waals surface area contributed by atoms with Gasteiger partial charge < -0.3 is 31.3 Å². The maximum absolute atomic E-state index is 12.6. The van der Waals surface area contributed by atoms with E-state index in [4.69, 9.17) is 10.8 Å². The van der Waals surface area contributed by atoms with Crippen LogP contribution in [0.3, 0.4) is 0 Å². The molecule has 1 atom stereocenters. The SMILES string of the molecule is CC(=O)OCC(=O)Nc1c(I)c(C(N)=O)c(I)c(C(=O)NCC(O)CO)c1I. The highest BCUT2D eigenvalue weighted by atomic mass is 127. The third-order valence-electron chi connectivity index (χ3n) is 3.17. The second-order valence-corrected chi connectivity index (χ2v) is 8.54. The second-order valence-electron chi connectivity index (χ2n) is 5.31. The summed E-state index contributed by atoms with van der Waals surface area (Å²) in [6.45, 7) is -0.137. The molecule has 6 N–H and O–H groups in total. The first-order valence-corrected chi connectivity index (χ1v) is 10.7.